The second-order valence-corrected chi connectivity index (χ2v) is 7.00. The number of hydrogen-bond acceptors (Lipinski definition) is 5. The monoisotopic (exact) mass is 379 g/mol. The van der Waals surface area contributed by atoms with E-state index in [1.165, 1.54) is 0 Å². The molecule has 0 unspecified atom stereocenters. The van der Waals surface area contributed by atoms with E-state index in [9.17, 15) is 0 Å². The zero-order valence-electron chi connectivity index (χ0n) is 16.0. The minimum atomic E-state index is 0.688. The molecule has 1 aliphatic rings. The van der Waals surface area contributed by atoms with Crippen LogP contribution in [0, 0.1) is 0 Å². The molecule has 0 fully saturated rings. The van der Waals surface area contributed by atoms with Gasteiger partial charge in [0, 0.05) is 23.3 Å². The van der Waals surface area contributed by atoms with Crippen molar-refractivity contribution in [3.63, 3.8) is 0 Å². The van der Waals surface area contributed by atoms with Gasteiger partial charge in [0.25, 0.3) is 0 Å². The minimum absolute atomic E-state index is 0.688. The highest BCUT2D eigenvalue weighted by molar-refractivity contribution is 5.81. The van der Waals surface area contributed by atoms with Gasteiger partial charge < -0.3 is 9.80 Å². The maximum Gasteiger partial charge on any atom is 0.178 e. The van der Waals surface area contributed by atoms with Crippen molar-refractivity contribution in [3.05, 3.63) is 103 Å². The lowest BCUT2D eigenvalue weighted by atomic mass is 10.2. The summed E-state index contributed by atoms with van der Waals surface area (Å²) in [6, 6.07) is 26.7. The van der Waals surface area contributed by atoms with E-state index in [2.05, 4.69) is 63.3 Å². The van der Waals surface area contributed by atoms with Crippen molar-refractivity contribution in [1.82, 2.24) is 15.0 Å². The molecule has 2 aromatic carbocycles. The summed E-state index contributed by atoms with van der Waals surface area (Å²) in [5, 5.41) is 0. The molecule has 1 aliphatic heterocycles. The molecule has 2 aromatic heterocycles. The van der Waals surface area contributed by atoms with Crippen LogP contribution in [0.1, 0.15) is 11.4 Å². The fourth-order valence-corrected chi connectivity index (χ4v) is 3.60. The molecule has 5 nitrogen and oxygen atoms in total. The van der Waals surface area contributed by atoms with Crippen molar-refractivity contribution in [2.75, 3.05) is 16.5 Å². The van der Waals surface area contributed by atoms with Gasteiger partial charge in [0.05, 0.1) is 11.9 Å². The summed E-state index contributed by atoms with van der Waals surface area (Å²) < 4.78 is 0. The summed E-state index contributed by atoms with van der Waals surface area (Å²) in [6.45, 7) is 0.688. The molecule has 0 spiro atoms. The topological polar surface area (TPSA) is 45.2 Å². The lowest BCUT2D eigenvalue weighted by Gasteiger charge is -2.20. The van der Waals surface area contributed by atoms with Crippen LogP contribution in [0.2, 0.25) is 0 Å². The van der Waals surface area contributed by atoms with E-state index in [0.717, 1.165) is 47.2 Å². The molecule has 142 valence electrons. The largest absolute Gasteiger partial charge is 0.305 e. The second-order valence-electron chi connectivity index (χ2n) is 7.00. The first-order valence-electron chi connectivity index (χ1n) is 9.79. The fourth-order valence-electron chi connectivity index (χ4n) is 3.60. The van der Waals surface area contributed by atoms with Gasteiger partial charge in [0.1, 0.15) is 6.67 Å². The molecule has 0 amide bonds. The fraction of sp³-hybridized carbons (Fsp3) is 0.125. The van der Waals surface area contributed by atoms with Gasteiger partial charge in [-0.05, 0) is 49.2 Å². The molecule has 0 atom stereocenters. The Labute approximate surface area is 170 Å². The summed E-state index contributed by atoms with van der Waals surface area (Å²) in [5.74, 6) is 1.79. The highest BCUT2D eigenvalue weighted by Crippen LogP contribution is 2.41. The Morgan fingerprint density at radius 3 is 1.90 bits per heavy atom. The Bertz CT molecular complexity index is 1080. The Morgan fingerprint density at radius 1 is 0.621 bits per heavy atom. The molecule has 0 bridgehead atoms. The molecule has 5 rings (SSSR count). The molecule has 0 saturated carbocycles. The Hall–Kier alpha value is -3.73. The average molecular weight is 379 g/mol. The first kappa shape index (κ1) is 17.4. The normalized spacial score (nSPS) is 12.8. The summed E-state index contributed by atoms with van der Waals surface area (Å²) in [6.07, 6.45) is 5.39. The molecule has 0 radical (unpaired) electrons. The number of aryl methyl sites for hydroxylation is 2. The number of pyridine rings is 1. The smallest absolute Gasteiger partial charge is 0.178 e. The Kier molecular flexibility index (Phi) is 4.62. The minimum Gasteiger partial charge on any atom is -0.305 e. The van der Waals surface area contributed by atoms with Crippen molar-refractivity contribution in [2.24, 2.45) is 0 Å². The molecular weight excluding hydrogens is 358 g/mol. The summed E-state index contributed by atoms with van der Waals surface area (Å²) in [5.41, 5.74) is 4.27. The van der Waals surface area contributed by atoms with Crippen molar-refractivity contribution < 1.29 is 0 Å². The molecular formula is C24H21N5. The van der Waals surface area contributed by atoms with Crippen LogP contribution in [-0.4, -0.2) is 21.6 Å². The predicted molar refractivity (Wildman–Crippen MR) is 116 cm³/mol. The Morgan fingerprint density at radius 2 is 1.24 bits per heavy atom. The van der Waals surface area contributed by atoms with Crippen molar-refractivity contribution in [3.8, 4) is 0 Å². The third-order valence-corrected chi connectivity index (χ3v) is 5.08. The number of benzene rings is 2. The van der Waals surface area contributed by atoms with Crippen LogP contribution in [-0.2, 0) is 12.8 Å². The van der Waals surface area contributed by atoms with Gasteiger partial charge in [-0.25, -0.2) is 9.97 Å². The van der Waals surface area contributed by atoms with Crippen LogP contribution in [0.25, 0.3) is 0 Å². The number of nitrogens with zero attached hydrogens (tertiary/aromatic N) is 5. The van der Waals surface area contributed by atoms with E-state index in [-0.39, 0.29) is 0 Å². The van der Waals surface area contributed by atoms with E-state index in [1.54, 1.807) is 0 Å². The van der Waals surface area contributed by atoms with Gasteiger partial charge in [-0.2, -0.15) is 0 Å². The molecule has 4 aromatic rings. The first-order valence-corrected chi connectivity index (χ1v) is 9.79. The van der Waals surface area contributed by atoms with Gasteiger partial charge in [0.15, 0.2) is 11.6 Å². The van der Waals surface area contributed by atoms with Gasteiger partial charge in [-0.15, -0.1) is 0 Å². The molecule has 5 heteroatoms. The number of aromatic nitrogens is 3. The zero-order chi connectivity index (χ0) is 19.5. The van der Waals surface area contributed by atoms with Crippen molar-refractivity contribution in [1.29, 1.82) is 0 Å². The van der Waals surface area contributed by atoms with Crippen LogP contribution >= 0.6 is 0 Å². The lowest BCUT2D eigenvalue weighted by Crippen LogP contribution is -2.24. The highest BCUT2D eigenvalue weighted by Gasteiger charge is 2.31. The van der Waals surface area contributed by atoms with Gasteiger partial charge in [-0.3, -0.25) is 4.98 Å². The standard InChI is InChI=1S/C24H21N5/c1-3-10-21(11-4-1)28-18-29(22-12-5-2-6-13-22)24-23(28)26-17-20(27-24)15-14-19-9-7-8-16-25-19/h1-13,16-17H,14-15,18H2. The first-order chi connectivity index (χ1) is 14.4. The summed E-state index contributed by atoms with van der Waals surface area (Å²) >= 11 is 0. The summed E-state index contributed by atoms with van der Waals surface area (Å²) in [7, 11) is 0. The van der Waals surface area contributed by atoms with Crippen LogP contribution in [0.4, 0.5) is 23.0 Å². The van der Waals surface area contributed by atoms with Crippen molar-refractivity contribution >= 4 is 23.0 Å². The number of rotatable bonds is 5. The summed E-state index contributed by atoms with van der Waals surface area (Å²) in [4.78, 5) is 18.6. The number of anilines is 4. The third kappa shape index (κ3) is 3.55. The van der Waals surface area contributed by atoms with E-state index < -0.39 is 0 Å². The van der Waals surface area contributed by atoms with E-state index >= 15 is 0 Å². The molecule has 0 N–H and O–H groups in total. The third-order valence-electron chi connectivity index (χ3n) is 5.08. The quantitative estimate of drug-likeness (QED) is 0.493. The number of hydrogen-bond donors (Lipinski definition) is 0. The maximum absolute atomic E-state index is 5.00. The van der Waals surface area contributed by atoms with E-state index in [0.29, 0.717) is 6.67 Å². The molecule has 0 saturated heterocycles. The van der Waals surface area contributed by atoms with Crippen LogP contribution in [0.3, 0.4) is 0 Å². The van der Waals surface area contributed by atoms with Gasteiger partial charge in [-0.1, -0.05) is 42.5 Å². The van der Waals surface area contributed by atoms with Crippen molar-refractivity contribution in [2.45, 2.75) is 12.8 Å². The zero-order valence-corrected chi connectivity index (χ0v) is 16.0. The maximum atomic E-state index is 5.00. The predicted octanol–water partition coefficient (Wildman–Crippen LogP) is 4.90. The number of fused-ring (bicyclic) bond motifs is 1. The molecule has 29 heavy (non-hydrogen) atoms. The lowest BCUT2D eigenvalue weighted by molar-refractivity contribution is 0.870. The van der Waals surface area contributed by atoms with Gasteiger partial charge in [0.2, 0.25) is 0 Å². The molecule has 0 aliphatic carbocycles. The average Bonchev–Trinajstić information content (AvgIpc) is 3.18. The molecule has 3 heterocycles. The SMILES string of the molecule is c1ccc(N2CN(c3ccccc3)c3nc(CCc4ccccn4)cnc32)cc1. The van der Waals surface area contributed by atoms with E-state index in [4.69, 9.17) is 9.97 Å². The van der Waals surface area contributed by atoms with Crippen LogP contribution in [0.15, 0.2) is 91.3 Å². The highest BCUT2D eigenvalue weighted by atomic mass is 15.4. The van der Waals surface area contributed by atoms with Gasteiger partial charge >= 0.3 is 0 Å². The second kappa shape index (κ2) is 7.72. The number of para-hydroxylation sites is 2. The Balaban J connectivity index is 1.49. The van der Waals surface area contributed by atoms with Crippen LogP contribution in [0.5, 0.6) is 0 Å². The van der Waals surface area contributed by atoms with E-state index in [1.807, 2.05) is 42.7 Å². The van der Waals surface area contributed by atoms with Crippen LogP contribution < -0.4 is 9.80 Å².